The Bertz CT molecular complexity index is 334. The fourth-order valence-corrected chi connectivity index (χ4v) is 2.04. The molecule has 0 unspecified atom stereocenters. The largest absolute Gasteiger partial charge is 0.489 e. The van der Waals surface area contributed by atoms with Gasteiger partial charge in [-0.25, -0.2) is 0 Å². The zero-order valence-electron chi connectivity index (χ0n) is 8.92. The van der Waals surface area contributed by atoms with E-state index in [9.17, 15) is 0 Å². The first-order valence-electron chi connectivity index (χ1n) is 5.45. The van der Waals surface area contributed by atoms with Gasteiger partial charge in [-0.1, -0.05) is 18.5 Å². The Morgan fingerprint density at radius 3 is 3.07 bits per heavy atom. The molecule has 3 heteroatoms. The van der Waals surface area contributed by atoms with Gasteiger partial charge in [-0.15, -0.1) is 0 Å². The maximum Gasteiger partial charge on any atom is 0.123 e. The highest BCUT2D eigenvalue weighted by Gasteiger charge is 2.16. The summed E-state index contributed by atoms with van der Waals surface area (Å²) < 4.78 is 5.93. The van der Waals surface area contributed by atoms with Gasteiger partial charge < -0.3 is 10.1 Å². The summed E-state index contributed by atoms with van der Waals surface area (Å²) in [4.78, 5) is 0. The van der Waals surface area contributed by atoms with E-state index in [2.05, 4.69) is 12.2 Å². The fourth-order valence-electron chi connectivity index (χ4n) is 1.85. The minimum absolute atomic E-state index is 0.316. The third kappa shape index (κ3) is 2.64. The summed E-state index contributed by atoms with van der Waals surface area (Å²) >= 11 is 5.94. The smallest absolute Gasteiger partial charge is 0.123 e. The number of rotatable bonds is 3. The second-order valence-corrected chi connectivity index (χ2v) is 4.27. The average Bonchev–Trinajstić information content (AvgIpc) is 2.73. The molecular formula is C12H16ClNO. The van der Waals surface area contributed by atoms with Crippen molar-refractivity contribution in [3.8, 4) is 5.75 Å². The lowest BCUT2D eigenvalue weighted by atomic mass is 10.1. The van der Waals surface area contributed by atoms with Gasteiger partial charge in [-0.3, -0.25) is 0 Å². The molecule has 0 aliphatic carbocycles. The zero-order valence-corrected chi connectivity index (χ0v) is 9.68. The maximum absolute atomic E-state index is 5.94. The van der Waals surface area contributed by atoms with Crippen LogP contribution in [0.3, 0.4) is 0 Å². The van der Waals surface area contributed by atoms with Gasteiger partial charge in [-0.2, -0.15) is 0 Å². The van der Waals surface area contributed by atoms with E-state index in [1.54, 1.807) is 0 Å². The minimum atomic E-state index is 0.316. The van der Waals surface area contributed by atoms with Gasteiger partial charge in [0, 0.05) is 11.6 Å². The average molecular weight is 226 g/mol. The number of hydrogen-bond donors (Lipinski definition) is 1. The number of aryl methyl sites for hydroxylation is 1. The quantitative estimate of drug-likeness (QED) is 0.854. The molecule has 1 heterocycles. The molecule has 15 heavy (non-hydrogen) atoms. The SMILES string of the molecule is CCc1cc(Cl)ccc1O[C@H]1CCNC1. The first-order chi connectivity index (χ1) is 7.29. The van der Waals surface area contributed by atoms with Crippen molar-refractivity contribution >= 4 is 11.6 Å². The van der Waals surface area contributed by atoms with E-state index in [0.717, 1.165) is 36.7 Å². The van der Waals surface area contributed by atoms with Crippen LogP contribution in [-0.4, -0.2) is 19.2 Å². The molecule has 1 aliphatic rings. The lowest BCUT2D eigenvalue weighted by Crippen LogP contribution is -2.20. The Balaban J connectivity index is 2.12. The fraction of sp³-hybridized carbons (Fsp3) is 0.500. The zero-order chi connectivity index (χ0) is 10.7. The molecule has 0 saturated carbocycles. The van der Waals surface area contributed by atoms with Gasteiger partial charge in [0.1, 0.15) is 11.9 Å². The van der Waals surface area contributed by atoms with E-state index in [1.165, 1.54) is 5.56 Å². The van der Waals surface area contributed by atoms with Crippen LogP contribution in [-0.2, 0) is 6.42 Å². The molecule has 0 spiro atoms. The van der Waals surface area contributed by atoms with Crippen molar-refractivity contribution in [3.63, 3.8) is 0 Å². The molecule has 1 aromatic rings. The van der Waals surface area contributed by atoms with Crippen molar-refractivity contribution in [1.29, 1.82) is 0 Å². The van der Waals surface area contributed by atoms with Crippen molar-refractivity contribution in [2.45, 2.75) is 25.9 Å². The number of halogens is 1. The highest BCUT2D eigenvalue weighted by atomic mass is 35.5. The lowest BCUT2D eigenvalue weighted by Gasteiger charge is -2.15. The van der Waals surface area contributed by atoms with Crippen molar-refractivity contribution in [1.82, 2.24) is 5.32 Å². The molecule has 82 valence electrons. The first kappa shape index (κ1) is 10.8. The molecule has 2 nitrogen and oxygen atoms in total. The van der Waals surface area contributed by atoms with E-state index < -0.39 is 0 Å². The van der Waals surface area contributed by atoms with Crippen LogP contribution in [0.15, 0.2) is 18.2 Å². The number of nitrogens with one attached hydrogen (secondary N) is 1. The van der Waals surface area contributed by atoms with Crippen molar-refractivity contribution in [3.05, 3.63) is 28.8 Å². The maximum atomic E-state index is 5.94. The van der Waals surface area contributed by atoms with Crippen molar-refractivity contribution < 1.29 is 4.74 Å². The molecule has 1 aliphatic heterocycles. The van der Waals surface area contributed by atoms with Crippen LogP contribution in [0.5, 0.6) is 5.75 Å². The molecule has 1 atom stereocenters. The predicted octanol–water partition coefficient (Wildman–Crippen LogP) is 2.64. The van der Waals surface area contributed by atoms with Gasteiger partial charge in [0.2, 0.25) is 0 Å². The molecule has 0 aromatic heterocycles. The normalized spacial score (nSPS) is 20.5. The second kappa shape index (κ2) is 4.86. The Hall–Kier alpha value is -0.730. The van der Waals surface area contributed by atoms with Crippen LogP contribution in [0, 0.1) is 0 Å². The van der Waals surface area contributed by atoms with Crippen LogP contribution in [0.1, 0.15) is 18.9 Å². The Labute approximate surface area is 95.6 Å². The van der Waals surface area contributed by atoms with E-state index >= 15 is 0 Å². The highest BCUT2D eigenvalue weighted by Crippen LogP contribution is 2.25. The molecule has 1 fully saturated rings. The van der Waals surface area contributed by atoms with Crippen molar-refractivity contribution in [2.75, 3.05) is 13.1 Å². The first-order valence-corrected chi connectivity index (χ1v) is 5.83. The molecule has 0 radical (unpaired) electrons. The highest BCUT2D eigenvalue weighted by molar-refractivity contribution is 6.30. The Kier molecular flexibility index (Phi) is 3.49. The van der Waals surface area contributed by atoms with Gasteiger partial charge in [0.25, 0.3) is 0 Å². The second-order valence-electron chi connectivity index (χ2n) is 3.84. The minimum Gasteiger partial charge on any atom is -0.489 e. The van der Waals surface area contributed by atoms with E-state index in [-0.39, 0.29) is 0 Å². The molecule has 0 bridgehead atoms. The van der Waals surface area contributed by atoms with Gasteiger partial charge in [-0.05, 0) is 43.1 Å². The Morgan fingerprint density at radius 2 is 2.40 bits per heavy atom. The molecule has 1 N–H and O–H groups in total. The van der Waals surface area contributed by atoms with Crippen LogP contribution >= 0.6 is 11.6 Å². The number of benzene rings is 1. The van der Waals surface area contributed by atoms with E-state index in [1.807, 2.05) is 18.2 Å². The van der Waals surface area contributed by atoms with Crippen LogP contribution in [0.4, 0.5) is 0 Å². The van der Waals surface area contributed by atoms with E-state index in [4.69, 9.17) is 16.3 Å². The summed E-state index contributed by atoms with van der Waals surface area (Å²) in [5, 5.41) is 4.07. The summed E-state index contributed by atoms with van der Waals surface area (Å²) in [5.74, 6) is 0.982. The molecule has 1 aromatic carbocycles. The predicted molar refractivity (Wildman–Crippen MR) is 62.7 cm³/mol. The van der Waals surface area contributed by atoms with Crippen LogP contribution in [0.25, 0.3) is 0 Å². The summed E-state index contributed by atoms with van der Waals surface area (Å²) in [6.45, 7) is 4.12. The summed E-state index contributed by atoms with van der Waals surface area (Å²) in [5.41, 5.74) is 1.19. The van der Waals surface area contributed by atoms with Gasteiger partial charge >= 0.3 is 0 Å². The van der Waals surface area contributed by atoms with Gasteiger partial charge in [0.05, 0.1) is 0 Å². The Morgan fingerprint density at radius 1 is 1.53 bits per heavy atom. The standard InChI is InChI=1S/C12H16ClNO/c1-2-9-7-10(13)3-4-12(9)15-11-5-6-14-8-11/h3-4,7,11,14H,2,5-6,8H2,1H3/t11-/m0/s1. The summed E-state index contributed by atoms with van der Waals surface area (Å²) in [6.07, 6.45) is 2.36. The summed E-state index contributed by atoms with van der Waals surface area (Å²) in [6, 6.07) is 5.84. The lowest BCUT2D eigenvalue weighted by molar-refractivity contribution is 0.221. The molecule has 1 saturated heterocycles. The van der Waals surface area contributed by atoms with E-state index in [0.29, 0.717) is 6.10 Å². The third-order valence-electron chi connectivity index (χ3n) is 2.71. The topological polar surface area (TPSA) is 21.3 Å². The molecule has 0 amide bonds. The van der Waals surface area contributed by atoms with Crippen LogP contribution < -0.4 is 10.1 Å². The van der Waals surface area contributed by atoms with Crippen molar-refractivity contribution in [2.24, 2.45) is 0 Å². The molecular weight excluding hydrogens is 210 g/mol. The van der Waals surface area contributed by atoms with Crippen LogP contribution in [0.2, 0.25) is 5.02 Å². The monoisotopic (exact) mass is 225 g/mol. The van der Waals surface area contributed by atoms with Gasteiger partial charge in [0.15, 0.2) is 0 Å². The summed E-state index contributed by atoms with van der Waals surface area (Å²) in [7, 11) is 0. The molecule has 2 rings (SSSR count). The number of ether oxygens (including phenoxy) is 1. The number of hydrogen-bond acceptors (Lipinski definition) is 2. The third-order valence-corrected chi connectivity index (χ3v) is 2.95.